The van der Waals surface area contributed by atoms with Crippen LogP contribution in [0.3, 0.4) is 0 Å². The van der Waals surface area contributed by atoms with E-state index in [2.05, 4.69) is 17.3 Å². The third-order valence-corrected chi connectivity index (χ3v) is 4.16. The Bertz CT molecular complexity index is 369. The van der Waals surface area contributed by atoms with Crippen molar-refractivity contribution in [3.8, 4) is 0 Å². The van der Waals surface area contributed by atoms with E-state index in [1.54, 1.807) is 12.4 Å². The van der Waals surface area contributed by atoms with Crippen molar-refractivity contribution in [1.29, 1.82) is 0 Å². The number of nitrogens with zero attached hydrogens (tertiary/aromatic N) is 1. The Kier molecular flexibility index (Phi) is 4.37. The maximum atomic E-state index is 6.13. The summed E-state index contributed by atoms with van der Waals surface area (Å²) in [4.78, 5) is 4.00. The fourth-order valence-corrected chi connectivity index (χ4v) is 2.98. The zero-order valence-corrected chi connectivity index (χ0v) is 11.0. The lowest BCUT2D eigenvalue weighted by atomic mass is 9.92. The first-order chi connectivity index (χ1) is 8.20. The minimum atomic E-state index is 0.319. The van der Waals surface area contributed by atoms with Gasteiger partial charge in [-0.3, -0.25) is 16.3 Å². The smallest absolute Gasteiger partial charge is 0.0621 e. The predicted molar refractivity (Wildman–Crippen MR) is 70.6 cm³/mol. The zero-order chi connectivity index (χ0) is 12.3. The van der Waals surface area contributed by atoms with Crippen molar-refractivity contribution in [3.05, 3.63) is 29.0 Å². The summed E-state index contributed by atoms with van der Waals surface area (Å²) in [6.07, 6.45) is 8.20. The second-order valence-electron chi connectivity index (χ2n) is 5.12. The Morgan fingerprint density at radius 3 is 3.00 bits per heavy atom. The van der Waals surface area contributed by atoms with Gasteiger partial charge in [0.2, 0.25) is 0 Å². The van der Waals surface area contributed by atoms with E-state index in [-0.39, 0.29) is 0 Å². The van der Waals surface area contributed by atoms with Crippen LogP contribution in [0, 0.1) is 11.8 Å². The maximum absolute atomic E-state index is 6.13. The van der Waals surface area contributed by atoms with Gasteiger partial charge >= 0.3 is 0 Å². The Hall–Kier alpha value is -0.640. The molecule has 2 rings (SSSR count). The number of hydrogen-bond acceptors (Lipinski definition) is 3. The van der Waals surface area contributed by atoms with Crippen LogP contribution in [0.1, 0.15) is 31.7 Å². The van der Waals surface area contributed by atoms with Gasteiger partial charge in [0.25, 0.3) is 0 Å². The zero-order valence-electron chi connectivity index (χ0n) is 10.2. The molecule has 3 unspecified atom stereocenters. The highest BCUT2D eigenvalue weighted by atomic mass is 35.5. The van der Waals surface area contributed by atoms with E-state index in [0.29, 0.717) is 12.0 Å². The summed E-state index contributed by atoms with van der Waals surface area (Å²) in [5.74, 6) is 7.18. The van der Waals surface area contributed by atoms with Gasteiger partial charge in [-0.05, 0) is 42.7 Å². The highest BCUT2D eigenvalue weighted by Gasteiger charge is 2.28. The second-order valence-corrected chi connectivity index (χ2v) is 5.53. The number of pyridine rings is 1. The molecule has 0 bridgehead atoms. The molecule has 0 radical (unpaired) electrons. The van der Waals surface area contributed by atoms with Crippen molar-refractivity contribution in [2.45, 2.75) is 38.6 Å². The largest absolute Gasteiger partial charge is 0.271 e. The molecule has 4 heteroatoms. The Morgan fingerprint density at radius 1 is 1.59 bits per heavy atom. The van der Waals surface area contributed by atoms with Gasteiger partial charge in [0.05, 0.1) is 5.02 Å². The van der Waals surface area contributed by atoms with Gasteiger partial charge in [-0.1, -0.05) is 24.9 Å². The van der Waals surface area contributed by atoms with Crippen molar-refractivity contribution < 1.29 is 0 Å². The highest BCUT2D eigenvalue weighted by Crippen LogP contribution is 2.33. The molecule has 1 aromatic heterocycles. The first-order valence-electron chi connectivity index (χ1n) is 6.25. The highest BCUT2D eigenvalue weighted by molar-refractivity contribution is 6.31. The van der Waals surface area contributed by atoms with Gasteiger partial charge in [0, 0.05) is 18.4 Å². The average Bonchev–Trinajstić information content (AvgIpc) is 2.75. The summed E-state index contributed by atoms with van der Waals surface area (Å²) in [5, 5.41) is 0.735. The summed E-state index contributed by atoms with van der Waals surface area (Å²) in [7, 11) is 0. The van der Waals surface area contributed by atoms with E-state index < -0.39 is 0 Å². The van der Waals surface area contributed by atoms with E-state index in [1.807, 2.05) is 6.07 Å². The van der Waals surface area contributed by atoms with Crippen LogP contribution in [-0.4, -0.2) is 11.0 Å². The fraction of sp³-hybridized carbons (Fsp3) is 0.615. The lowest BCUT2D eigenvalue weighted by Gasteiger charge is -2.23. The lowest BCUT2D eigenvalue weighted by Crippen LogP contribution is -2.41. The molecule has 0 spiro atoms. The van der Waals surface area contributed by atoms with Crippen LogP contribution in [0.15, 0.2) is 18.5 Å². The number of aromatic nitrogens is 1. The number of halogens is 1. The molecule has 0 saturated heterocycles. The SMILES string of the molecule is CC1CCC(C(Cc2ccncc2Cl)NN)C1. The molecule has 94 valence electrons. The van der Waals surface area contributed by atoms with Gasteiger partial charge in [-0.15, -0.1) is 0 Å². The quantitative estimate of drug-likeness (QED) is 0.641. The summed E-state index contributed by atoms with van der Waals surface area (Å²) < 4.78 is 0. The first-order valence-corrected chi connectivity index (χ1v) is 6.63. The van der Waals surface area contributed by atoms with Crippen LogP contribution < -0.4 is 11.3 Å². The number of nitrogens with one attached hydrogen (secondary N) is 1. The standard InChI is InChI=1S/C13H20ClN3/c1-9-2-3-11(6-9)13(17-15)7-10-4-5-16-8-12(10)14/h4-5,8-9,11,13,17H,2-3,6-7,15H2,1H3. The number of rotatable bonds is 4. The van der Waals surface area contributed by atoms with Gasteiger partial charge in [0.15, 0.2) is 0 Å². The van der Waals surface area contributed by atoms with Crippen molar-refractivity contribution in [3.63, 3.8) is 0 Å². The predicted octanol–water partition coefficient (Wildman–Crippen LogP) is 2.55. The molecular weight excluding hydrogens is 234 g/mol. The van der Waals surface area contributed by atoms with Gasteiger partial charge in [0.1, 0.15) is 0 Å². The van der Waals surface area contributed by atoms with E-state index in [0.717, 1.165) is 22.9 Å². The fourth-order valence-electron chi connectivity index (χ4n) is 2.78. The van der Waals surface area contributed by atoms with E-state index >= 15 is 0 Å². The molecule has 1 aliphatic rings. The van der Waals surface area contributed by atoms with Gasteiger partial charge < -0.3 is 0 Å². The minimum absolute atomic E-state index is 0.319. The molecule has 0 aliphatic heterocycles. The molecule has 17 heavy (non-hydrogen) atoms. The minimum Gasteiger partial charge on any atom is -0.271 e. The molecule has 0 amide bonds. The normalized spacial score (nSPS) is 26.1. The molecule has 0 aromatic carbocycles. The third-order valence-electron chi connectivity index (χ3n) is 3.81. The van der Waals surface area contributed by atoms with E-state index in [9.17, 15) is 0 Å². The van der Waals surface area contributed by atoms with Crippen LogP contribution in [-0.2, 0) is 6.42 Å². The molecular formula is C13H20ClN3. The van der Waals surface area contributed by atoms with Crippen LogP contribution in [0.5, 0.6) is 0 Å². The molecule has 1 aromatic rings. The number of hydrazine groups is 1. The summed E-state index contributed by atoms with van der Waals surface area (Å²) in [5.41, 5.74) is 4.09. The first kappa shape index (κ1) is 12.8. The monoisotopic (exact) mass is 253 g/mol. The van der Waals surface area contributed by atoms with Crippen LogP contribution in [0.25, 0.3) is 0 Å². The third kappa shape index (κ3) is 3.18. The molecule has 1 heterocycles. The molecule has 3 atom stereocenters. The van der Waals surface area contributed by atoms with E-state index in [4.69, 9.17) is 17.4 Å². The molecule has 3 N–H and O–H groups in total. The topological polar surface area (TPSA) is 50.9 Å². The molecule has 1 aliphatic carbocycles. The van der Waals surface area contributed by atoms with Crippen LogP contribution in [0.4, 0.5) is 0 Å². The van der Waals surface area contributed by atoms with Crippen molar-refractivity contribution in [2.24, 2.45) is 17.7 Å². The Morgan fingerprint density at radius 2 is 2.41 bits per heavy atom. The van der Waals surface area contributed by atoms with E-state index in [1.165, 1.54) is 19.3 Å². The number of nitrogens with two attached hydrogens (primary N) is 1. The number of hydrogen-bond donors (Lipinski definition) is 2. The summed E-state index contributed by atoms with van der Waals surface area (Å²) in [6, 6.07) is 2.30. The summed E-state index contributed by atoms with van der Waals surface area (Å²) >= 11 is 6.13. The van der Waals surface area contributed by atoms with Crippen molar-refractivity contribution in [2.75, 3.05) is 0 Å². The Labute approximate surface area is 108 Å². The van der Waals surface area contributed by atoms with Crippen molar-refractivity contribution >= 4 is 11.6 Å². The van der Waals surface area contributed by atoms with Crippen LogP contribution in [0.2, 0.25) is 5.02 Å². The van der Waals surface area contributed by atoms with Gasteiger partial charge in [-0.25, -0.2) is 0 Å². The maximum Gasteiger partial charge on any atom is 0.0621 e. The van der Waals surface area contributed by atoms with Crippen molar-refractivity contribution in [1.82, 2.24) is 10.4 Å². The summed E-state index contributed by atoms with van der Waals surface area (Å²) in [6.45, 7) is 2.31. The lowest BCUT2D eigenvalue weighted by molar-refractivity contribution is 0.353. The average molecular weight is 254 g/mol. The second kappa shape index (κ2) is 5.80. The Balaban J connectivity index is 2.03. The van der Waals surface area contributed by atoms with Crippen LogP contribution >= 0.6 is 11.6 Å². The molecule has 1 saturated carbocycles. The molecule has 1 fully saturated rings. The van der Waals surface area contributed by atoms with Gasteiger partial charge in [-0.2, -0.15) is 0 Å². The molecule has 3 nitrogen and oxygen atoms in total.